The summed E-state index contributed by atoms with van der Waals surface area (Å²) in [6, 6.07) is 8.13. The van der Waals surface area contributed by atoms with Crippen LogP contribution < -0.4 is 4.90 Å². The molecule has 0 bridgehead atoms. The largest absolute Gasteiger partial charge is 0.481 e. The van der Waals surface area contributed by atoms with Gasteiger partial charge in [-0.25, -0.2) is 0 Å². The van der Waals surface area contributed by atoms with Gasteiger partial charge in [0.05, 0.1) is 16.8 Å². The summed E-state index contributed by atoms with van der Waals surface area (Å²) in [5.41, 5.74) is -1.80. The molecule has 1 aromatic heterocycles. The number of halogens is 3. The number of alkyl halides is 3. The third-order valence-electron chi connectivity index (χ3n) is 5.65. The minimum Gasteiger partial charge on any atom is -0.481 e. The number of amides is 1. The zero-order chi connectivity index (χ0) is 21.5. The first-order chi connectivity index (χ1) is 14.2. The van der Waals surface area contributed by atoms with Gasteiger partial charge in [0.1, 0.15) is 5.41 Å². The highest BCUT2D eigenvalue weighted by Crippen LogP contribution is 2.47. The highest BCUT2D eigenvalue weighted by Gasteiger charge is 2.53. The number of rotatable bonds is 4. The van der Waals surface area contributed by atoms with Crippen molar-refractivity contribution in [1.29, 1.82) is 0 Å². The summed E-state index contributed by atoms with van der Waals surface area (Å²) in [5, 5.41) is 17.5. The maximum absolute atomic E-state index is 13.2. The predicted octanol–water partition coefficient (Wildman–Crippen LogP) is 2.57. The second-order valence-electron chi connectivity index (χ2n) is 7.49. The fourth-order valence-corrected chi connectivity index (χ4v) is 3.68. The van der Waals surface area contributed by atoms with Crippen LogP contribution in [0, 0.1) is 0 Å². The first kappa shape index (κ1) is 20.1. The molecule has 0 spiro atoms. The first-order valence-electron chi connectivity index (χ1n) is 9.50. The number of benzene rings is 1. The van der Waals surface area contributed by atoms with Gasteiger partial charge in [0, 0.05) is 26.2 Å². The van der Waals surface area contributed by atoms with Crippen molar-refractivity contribution in [3.8, 4) is 0 Å². The van der Waals surface area contributed by atoms with Crippen molar-refractivity contribution < 1.29 is 27.9 Å². The zero-order valence-electron chi connectivity index (χ0n) is 15.9. The summed E-state index contributed by atoms with van der Waals surface area (Å²) in [4.78, 5) is 27.3. The Morgan fingerprint density at radius 3 is 2.17 bits per heavy atom. The molecule has 2 heterocycles. The molecule has 7 nitrogen and oxygen atoms in total. The lowest BCUT2D eigenvalue weighted by Gasteiger charge is -2.35. The van der Waals surface area contributed by atoms with Gasteiger partial charge in [-0.2, -0.15) is 18.3 Å². The summed E-state index contributed by atoms with van der Waals surface area (Å²) >= 11 is 0. The summed E-state index contributed by atoms with van der Waals surface area (Å²) in [6.45, 7) is 1.26. The normalized spacial score (nSPS) is 18.2. The number of piperazine rings is 1. The lowest BCUT2D eigenvalue weighted by molar-refractivity contribution is -0.140. The molecule has 30 heavy (non-hydrogen) atoms. The van der Waals surface area contributed by atoms with Crippen molar-refractivity contribution in [1.82, 2.24) is 15.1 Å². The number of aromatic nitrogens is 2. The van der Waals surface area contributed by atoms with E-state index in [9.17, 15) is 27.9 Å². The Balaban J connectivity index is 1.42. The Bertz CT molecular complexity index is 966. The lowest BCUT2D eigenvalue weighted by Crippen LogP contribution is -2.49. The fourth-order valence-electron chi connectivity index (χ4n) is 3.68. The average molecular weight is 420 g/mol. The van der Waals surface area contributed by atoms with Gasteiger partial charge < -0.3 is 14.9 Å². The van der Waals surface area contributed by atoms with Crippen LogP contribution in [0.3, 0.4) is 0 Å². The SMILES string of the molecule is O=C(c1ccccc1C(F)(F)F)N1CCN(c2ccc(C3(C(=O)O)CC3)nn2)CC1. The molecule has 4 rings (SSSR count). The number of anilines is 1. The molecular weight excluding hydrogens is 401 g/mol. The van der Waals surface area contributed by atoms with Crippen LogP contribution in [0.4, 0.5) is 19.0 Å². The van der Waals surface area contributed by atoms with Gasteiger partial charge in [0.25, 0.3) is 5.91 Å². The summed E-state index contributed by atoms with van der Waals surface area (Å²) in [6.07, 6.45) is -3.52. The van der Waals surface area contributed by atoms with E-state index in [1.165, 1.54) is 23.1 Å². The fraction of sp³-hybridized carbons (Fsp3) is 0.400. The summed E-state index contributed by atoms with van der Waals surface area (Å²) in [5.74, 6) is -1.01. The lowest BCUT2D eigenvalue weighted by atomic mass is 10.0. The van der Waals surface area contributed by atoms with Crippen molar-refractivity contribution in [2.75, 3.05) is 31.1 Å². The molecule has 1 aliphatic heterocycles. The predicted molar refractivity (Wildman–Crippen MR) is 100 cm³/mol. The Kier molecular flexibility index (Phi) is 4.87. The van der Waals surface area contributed by atoms with Gasteiger partial charge in [-0.05, 0) is 37.1 Å². The molecule has 1 saturated carbocycles. The molecule has 2 fully saturated rings. The Morgan fingerprint density at radius 1 is 0.967 bits per heavy atom. The van der Waals surface area contributed by atoms with Gasteiger partial charge in [-0.1, -0.05) is 12.1 Å². The molecule has 1 aliphatic carbocycles. The molecule has 1 saturated heterocycles. The third kappa shape index (κ3) is 3.57. The van der Waals surface area contributed by atoms with E-state index >= 15 is 0 Å². The summed E-state index contributed by atoms with van der Waals surface area (Å²) < 4.78 is 39.6. The van der Waals surface area contributed by atoms with Crippen molar-refractivity contribution in [2.45, 2.75) is 24.4 Å². The molecule has 158 valence electrons. The maximum atomic E-state index is 13.2. The molecule has 0 atom stereocenters. The van der Waals surface area contributed by atoms with Crippen LogP contribution >= 0.6 is 0 Å². The Hall–Kier alpha value is -3.17. The zero-order valence-corrected chi connectivity index (χ0v) is 15.9. The van der Waals surface area contributed by atoms with Crippen molar-refractivity contribution in [2.24, 2.45) is 0 Å². The van der Waals surface area contributed by atoms with Crippen LogP contribution in [-0.4, -0.2) is 58.3 Å². The molecule has 1 amide bonds. The highest BCUT2D eigenvalue weighted by atomic mass is 19.4. The number of hydrogen-bond donors (Lipinski definition) is 1. The van der Waals surface area contributed by atoms with Crippen molar-refractivity contribution in [3.63, 3.8) is 0 Å². The molecule has 1 N–H and O–H groups in total. The first-order valence-corrected chi connectivity index (χ1v) is 9.50. The maximum Gasteiger partial charge on any atom is 0.417 e. The second-order valence-corrected chi connectivity index (χ2v) is 7.49. The van der Waals surface area contributed by atoms with Crippen molar-refractivity contribution >= 4 is 17.7 Å². The van der Waals surface area contributed by atoms with E-state index in [0.29, 0.717) is 37.4 Å². The number of nitrogens with zero attached hydrogens (tertiary/aromatic N) is 4. The van der Waals surface area contributed by atoms with Crippen LogP contribution in [0.1, 0.15) is 34.5 Å². The van der Waals surface area contributed by atoms with Gasteiger partial charge in [-0.3, -0.25) is 9.59 Å². The molecule has 1 aromatic carbocycles. The van der Waals surface area contributed by atoms with E-state index in [4.69, 9.17) is 0 Å². The number of carbonyl (C=O) groups excluding carboxylic acids is 1. The monoisotopic (exact) mass is 420 g/mol. The number of aliphatic carboxylic acids is 1. The minimum absolute atomic E-state index is 0.244. The molecule has 0 radical (unpaired) electrons. The molecule has 2 aliphatic rings. The minimum atomic E-state index is -4.60. The number of carbonyl (C=O) groups is 2. The van der Waals surface area contributed by atoms with Gasteiger partial charge in [-0.15, -0.1) is 5.10 Å². The molecule has 0 unspecified atom stereocenters. The van der Waals surface area contributed by atoms with Gasteiger partial charge >= 0.3 is 12.1 Å². The van der Waals surface area contributed by atoms with Crippen LogP contribution in [0.15, 0.2) is 36.4 Å². The van der Waals surface area contributed by atoms with E-state index in [-0.39, 0.29) is 18.7 Å². The van der Waals surface area contributed by atoms with Gasteiger partial charge in [0.15, 0.2) is 5.82 Å². The van der Waals surface area contributed by atoms with E-state index in [2.05, 4.69) is 10.2 Å². The van der Waals surface area contributed by atoms with Gasteiger partial charge in [0.2, 0.25) is 0 Å². The van der Waals surface area contributed by atoms with Crippen LogP contribution in [0.2, 0.25) is 0 Å². The highest BCUT2D eigenvalue weighted by molar-refractivity contribution is 5.96. The number of carboxylic acid groups (broad SMARTS) is 1. The Morgan fingerprint density at radius 2 is 1.63 bits per heavy atom. The average Bonchev–Trinajstić information content (AvgIpc) is 3.55. The summed E-state index contributed by atoms with van der Waals surface area (Å²) in [7, 11) is 0. The van der Waals surface area contributed by atoms with E-state index in [1.807, 2.05) is 4.90 Å². The van der Waals surface area contributed by atoms with Crippen LogP contribution in [-0.2, 0) is 16.4 Å². The smallest absolute Gasteiger partial charge is 0.417 e. The van der Waals surface area contributed by atoms with Crippen LogP contribution in [0.25, 0.3) is 0 Å². The van der Waals surface area contributed by atoms with E-state index in [1.54, 1.807) is 12.1 Å². The second kappa shape index (κ2) is 7.26. The topological polar surface area (TPSA) is 86.6 Å². The molecular formula is C20H19F3N4O3. The van der Waals surface area contributed by atoms with E-state index < -0.39 is 29.0 Å². The van der Waals surface area contributed by atoms with E-state index in [0.717, 1.165) is 6.07 Å². The molecule has 10 heteroatoms. The van der Waals surface area contributed by atoms with Crippen molar-refractivity contribution in [3.05, 3.63) is 53.2 Å². The quantitative estimate of drug-likeness (QED) is 0.818. The number of carboxylic acids is 1. The van der Waals surface area contributed by atoms with Crippen LogP contribution in [0.5, 0.6) is 0 Å². The molecule has 2 aromatic rings. The third-order valence-corrected chi connectivity index (χ3v) is 5.65. The standard InChI is InChI=1S/C20H19F3N4O3/c21-20(22,23)14-4-2-1-3-13(14)17(28)27-11-9-26(10-12-27)16-6-5-15(24-25-16)19(7-8-19)18(29)30/h1-6H,7-12H2,(H,29,30). The number of hydrogen-bond acceptors (Lipinski definition) is 5. The Labute approximate surface area is 170 Å².